The third-order valence-electron chi connectivity index (χ3n) is 3.05. The second-order valence-corrected chi connectivity index (χ2v) is 5.72. The van der Waals surface area contributed by atoms with Crippen molar-refractivity contribution < 1.29 is 0 Å². The standard InChI is InChI=1S/C14H11BrClN3/c1-8-2-4-10(16)7-13(8)19-12-5-3-9(15)6-11(12)18-14(19)17/h2-7H,1H3,(H2,17,18). The molecule has 0 saturated heterocycles. The molecule has 0 atom stereocenters. The Bertz CT molecular complexity index is 780. The first-order valence-corrected chi connectivity index (χ1v) is 6.93. The predicted molar refractivity (Wildman–Crippen MR) is 82.9 cm³/mol. The molecule has 1 aromatic heterocycles. The maximum absolute atomic E-state index is 6.08. The van der Waals surface area contributed by atoms with E-state index >= 15 is 0 Å². The molecule has 0 fully saturated rings. The van der Waals surface area contributed by atoms with Crippen LogP contribution in [0.4, 0.5) is 5.95 Å². The van der Waals surface area contributed by atoms with Gasteiger partial charge >= 0.3 is 0 Å². The number of fused-ring (bicyclic) bond motifs is 1. The Morgan fingerprint density at radius 2 is 2.00 bits per heavy atom. The fraction of sp³-hybridized carbons (Fsp3) is 0.0714. The zero-order chi connectivity index (χ0) is 13.6. The van der Waals surface area contributed by atoms with Crippen molar-refractivity contribution in [3.05, 3.63) is 51.5 Å². The molecule has 3 aromatic rings. The summed E-state index contributed by atoms with van der Waals surface area (Å²) in [5, 5.41) is 0.680. The lowest BCUT2D eigenvalue weighted by Crippen LogP contribution is -2.02. The van der Waals surface area contributed by atoms with Crippen molar-refractivity contribution in [2.45, 2.75) is 6.92 Å². The molecule has 3 nitrogen and oxygen atoms in total. The number of halogens is 2. The van der Waals surface area contributed by atoms with Crippen LogP contribution >= 0.6 is 27.5 Å². The lowest BCUT2D eigenvalue weighted by Gasteiger charge is -2.10. The van der Waals surface area contributed by atoms with Gasteiger partial charge in [-0.15, -0.1) is 0 Å². The van der Waals surface area contributed by atoms with Crippen LogP contribution in [0.2, 0.25) is 5.02 Å². The molecule has 0 bridgehead atoms. The Hall–Kier alpha value is -1.52. The Kier molecular flexibility index (Phi) is 2.99. The number of nitrogens with two attached hydrogens (primary N) is 1. The molecule has 0 aliphatic carbocycles. The zero-order valence-corrected chi connectivity index (χ0v) is 12.5. The lowest BCUT2D eigenvalue weighted by atomic mass is 10.2. The van der Waals surface area contributed by atoms with E-state index < -0.39 is 0 Å². The van der Waals surface area contributed by atoms with E-state index in [9.17, 15) is 0 Å². The van der Waals surface area contributed by atoms with Crippen LogP contribution in [0.1, 0.15) is 5.56 Å². The first-order valence-electron chi connectivity index (χ1n) is 5.76. The molecule has 19 heavy (non-hydrogen) atoms. The number of aromatic nitrogens is 2. The summed E-state index contributed by atoms with van der Waals surface area (Å²) >= 11 is 9.52. The summed E-state index contributed by atoms with van der Waals surface area (Å²) in [5.74, 6) is 0.457. The molecule has 0 spiro atoms. The van der Waals surface area contributed by atoms with Crippen LogP contribution in [-0.4, -0.2) is 9.55 Å². The molecular formula is C14H11BrClN3. The van der Waals surface area contributed by atoms with Gasteiger partial charge in [-0.3, -0.25) is 4.57 Å². The van der Waals surface area contributed by atoms with Crippen LogP contribution in [0.5, 0.6) is 0 Å². The quantitative estimate of drug-likeness (QED) is 0.718. The van der Waals surface area contributed by atoms with Gasteiger partial charge in [0.25, 0.3) is 0 Å². The van der Waals surface area contributed by atoms with Crippen LogP contribution < -0.4 is 5.73 Å². The van der Waals surface area contributed by atoms with Gasteiger partial charge in [-0.2, -0.15) is 0 Å². The van der Waals surface area contributed by atoms with Gasteiger partial charge in [-0.25, -0.2) is 4.98 Å². The Labute approximate surface area is 124 Å². The van der Waals surface area contributed by atoms with Crippen molar-refractivity contribution in [1.29, 1.82) is 0 Å². The molecule has 3 rings (SSSR count). The SMILES string of the molecule is Cc1ccc(Cl)cc1-n1c(N)nc2cc(Br)ccc21. The summed E-state index contributed by atoms with van der Waals surface area (Å²) in [5.41, 5.74) is 9.91. The van der Waals surface area contributed by atoms with Gasteiger partial charge in [0, 0.05) is 9.50 Å². The minimum Gasteiger partial charge on any atom is -0.369 e. The van der Waals surface area contributed by atoms with Crippen molar-refractivity contribution in [1.82, 2.24) is 9.55 Å². The Morgan fingerprint density at radius 1 is 1.21 bits per heavy atom. The molecule has 2 N–H and O–H groups in total. The highest BCUT2D eigenvalue weighted by atomic mass is 79.9. The van der Waals surface area contributed by atoms with Crippen LogP contribution in [0.3, 0.4) is 0 Å². The third-order valence-corrected chi connectivity index (χ3v) is 3.78. The van der Waals surface area contributed by atoms with Gasteiger partial charge in [0.1, 0.15) is 0 Å². The zero-order valence-electron chi connectivity index (χ0n) is 10.2. The number of imidazole rings is 1. The van der Waals surface area contributed by atoms with Gasteiger partial charge < -0.3 is 5.73 Å². The molecule has 96 valence electrons. The molecule has 0 radical (unpaired) electrons. The Morgan fingerprint density at radius 3 is 2.79 bits per heavy atom. The van der Waals surface area contributed by atoms with Crippen LogP contribution in [-0.2, 0) is 0 Å². The molecule has 0 saturated carbocycles. The molecular weight excluding hydrogens is 326 g/mol. The molecule has 0 unspecified atom stereocenters. The van der Waals surface area contributed by atoms with E-state index in [1.165, 1.54) is 0 Å². The number of rotatable bonds is 1. The number of hydrogen-bond acceptors (Lipinski definition) is 2. The van der Waals surface area contributed by atoms with E-state index in [-0.39, 0.29) is 0 Å². The van der Waals surface area contributed by atoms with Crippen LogP contribution in [0, 0.1) is 6.92 Å². The van der Waals surface area contributed by atoms with Gasteiger partial charge in [-0.1, -0.05) is 33.6 Å². The first kappa shape index (κ1) is 12.5. The second kappa shape index (κ2) is 4.54. The van der Waals surface area contributed by atoms with E-state index in [0.717, 1.165) is 26.8 Å². The highest BCUT2D eigenvalue weighted by molar-refractivity contribution is 9.10. The van der Waals surface area contributed by atoms with E-state index in [1.807, 2.05) is 47.9 Å². The predicted octanol–water partition coefficient (Wildman–Crippen LogP) is 4.33. The highest BCUT2D eigenvalue weighted by Crippen LogP contribution is 2.28. The highest BCUT2D eigenvalue weighted by Gasteiger charge is 2.12. The normalized spacial score (nSPS) is 11.1. The number of nitrogen functional groups attached to an aromatic ring is 1. The van der Waals surface area contributed by atoms with Crippen LogP contribution in [0.25, 0.3) is 16.7 Å². The van der Waals surface area contributed by atoms with Crippen molar-refractivity contribution in [2.24, 2.45) is 0 Å². The van der Waals surface area contributed by atoms with Gasteiger partial charge in [-0.05, 0) is 42.8 Å². The second-order valence-electron chi connectivity index (χ2n) is 4.37. The molecule has 2 aromatic carbocycles. The maximum Gasteiger partial charge on any atom is 0.205 e. The minimum absolute atomic E-state index is 0.457. The fourth-order valence-corrected chi connectivity index (χ4v) is 2.66. The average molecular weight is 337 g/mol. The average Bonchev–Trinajstić information content (AvgIpc) is 2.67. The molecule has 0 aliphatic rings. The molecule has 5 heteroatoms. The van der Waals surface area contributed by atoms with E-state index in [4.69, 9.17) is 17.3 Å². The summed E-state index contributed by atoms with van der Waals surface area (Å²) < 4.78 is 2.90. The minimum atomic E-state index is 0.457. The van der Waals surface area contributed by atoms with Gasteiger partial charge in [0.2, 0.25) is 5.95 Å². The van der Waals surface area contributed by atoms with Crippen molar-refractivity contribution in [2.75, 3.05) is 5.73 Å². The van der Waals surface area contributed by atoms with Crippen molar-refractivity contribution in [3.8, 4) is 5.69 Å². The number of anilines is 1. The molecule has 1 heterocycles. The monoisotopic (exact) mass is 335 g/mol. The summed E-state index contributed by atoms with van der Waals surface area (Å²) in [6, 6.07) is 11.6. The van der Waals surface area contributed by atoms with Crippen molar-refractivity contribution >= 4 is 44.5 Å². The number of nitrogens with zero attached hydrogens (tertiary/aromatic N) is 2. The van der Waals surface area contributed by atoms with E-state index in [2.05, 4.69) is 20.9 Å². The van der Waals surface area contributed by atoms with E-state index in [0.29, 0.717) is 11.0 Å². The van der Waals surface area contributed by atoms with Gasteiger partial charge in [0.05, 0.1) is 16.7 Å². The summed E-state index contributed by atoms with van der Waals surface area (Å²) in [4.78, 5) is 4.39. The fourth-order valence-electron chi connectivity index (χ4n) is 2.15. The topological polar surface area (TPSA) is 43.8 Å². The number of hydrogen-bond donors (Lipinski definition) is 1. The molecule has 0 aliphatic heterocycles. The van der Waals surface area contributed by atoms with E-state index in [1.54, 1.807) is 0 Å². The lowest BCUT2D eigenvalue weighted by molar-refractivity contribution is 1.09. The Balaban J connectivity index is 2.36. The van der Waals surface area contributed by atoms with Crippen molar-refractivity contribution in [3.63, 3.8) is 0 Å². The van der Waals surface area contributed by atoms with Crippen LogP contribution in [0.15, 0.2) is 40.9 Å². The third kappa shape index (κ3) is 2.11. The summed E-state index contributed by atoms with van der Waals surface area (Å²) in [6.07, 6.45) is 0. The largest absolute Gasteiger partial charge is 0.369 e. The van der Waals surface area contributed by atoms with Gasteiger partial charge in [0.15, 0.2) is 0 Å². The number of benzene rings is 2. The summed E-state index contributed by atoms with van der Waals surface area (Å²) in [6.45, 7) is 2.02. The smallest absolute Gasteiger partial charge is 0.205 e. The molecule has 0 amide bonds. The first-order chi connectivity index (χ1) is 9.06. The summed E-state index contributed by atoms with van der Waals surface area (Å²) in [7, 11) is 0. The maximum atomic E-state index is 6.08. The number of aryl methyl sites for hydroxylation is 1.